The van der Waals surface area contributed by atoms with Crippen molar-refractivity contribution in [1.29, 1.82) is 0 Å². The fraction of sp³-hybridized carbons (Fsp3) is 0.317. The molecular formula is C82H93N3O15. The number of rotatable bonds is 34. The van der Waals surface area contributed by atoms with Gasteiger partial charge < -0.3 is 56.7 Å². The fourth-order valence-corrected chi connectivity index (χ4v) is 10.9. The second kappa shape index (κ2) is 40.7. The Kier molecular flexibility index (Phi) is 31.2. The van der Waals surface area contributed by atoms with Gasteiger partial charge in [0.2, 0.25) is 0 Å². The third kappa shape index (κ3) is 25.2. The highest BCUT2D eigenvalue weighted by molar-refractivity contribution is 5.96. The number of allylic oxidation sites excluding steroid dienone is 1. The molecule has 3 amide bonds. The maximum atomic E-state index is 13.0. The summed E-state index contributed by atoms with van der Waals surface area (Å²) < 4.78 is 44.1. The third-order valence-electron chi connectivity index (χ3n) is 16.2. The van der Waals surface area contributed by atoms with Crippen molar-refractivity contribution < 1.29 is 70.8 Å². The first-order valence-electron chi connectivity index (χ1n) is 33.9. The van der Waals surface area contributed by atoms with Crippen LogP contribution >= 0.6 is 0 Å². The van der Waals surface area contributed by atoms with Crippen LogP contribution in [0.4, 0.5) is 0 Å². The molecule has 9 rings (SSSR count). The number of carboxylic acids is 1. The monoisotopic (exact) mass is 1360 g/mol. The second-order valence-electron chi connectivity index (χ2n) is 24.5. The molecule has 1 N–H and O–H groups in total. The number of para-hydroxylation sites is 3. The number of aliphatic carboxylic acids is 1. The molecule has 0 spiro atoms. The fourth-order valence-electron chi connectivity index (χ4n) is 10.9. The Labute approximate surface area is 587 Å². The number of furan rings is 3. The number of esters is 2. The Morgan fingerprint density at radius 3 is 1.11 bits per heavy atom. The van der Waals surface area contributed by atoms with E-state index in [9.17, 15) is 28.8 Å². The Hall–Kier alpha value is -10.9. The van der Waals surface area contributed by atoms with Crippen LogP contribution < -0.4 is 14.2 Å². The second-order valence-corrected chi connectivity index (χ2v) is 24.5. The van der Waals surface area contributed by atoms with Crippen molar-refractivity contribution in [2.75, 3.05) is 54.2 Å². The van der Waals surface area contributed by atoms with E-state index in [0.29, 0.717) is 75.8 Å². The lowest BCUT2D eigenvalue weighted by Crippen LogP contribution is -2.26. The number of carbonyl (C=O) groups is 6. The van der Waals surface area contributed by atoms with E-state index in [1.165, 1.54) is 6.08 Å². The Bertz CT molecular complexity index is 3970. The molecule has 526 valence electrons. The van der Waals surface area contributed by atoms with Crippen LogP contribution in [0.25, 0.3) is 34.0 Å². The van der Waals surface area contributed by atoms with Gasteiger partial charge in [0.1, 0.15) is 34.5 Å². The highest BCUT2D eigenvalue weighted by Gasteiger charge is 2.20. The zero-order valence-corrected chi connectivity index (χ0v) is 58.6. The summed E-state index contributed by atoms with van der Waals surface area (Å²) in [6.45, 7) is 13.1. The molecule has 0 saturated carbocycles. The summed E-state index contributed by atoms with van der Waals surface area (Å²) in [6.07, 6.45) is 11.8. The van der Waals surface area contributed by atoms with Gasteiger partial charge in [0.15, 0.2) is 0 Å². The summed E-state index contributed by atoms with van der Waals surface area (Å²) in [4.78, 5) is 77.7. The zero-order valence-electron chi connectivity index (χ0n) is 58.6. The Morgan fingerprint density at radius 1 is 0.440 bits per heavy atom. The standard InChI is InChI=1S/C28H33NO5.C28H31NO5.C26H29NO5/c2*1-4-32-27(30)19-21(2)9-7-17-34-26-11-6-5-10-24(26)20-29(3)28(31)23-15-13-22(14-16-23)25-12-8-18-33-25;1-19(17-25(28)29)7-5-15-32-24-9-4-3-8-22(24)18-27(2)26(30)21-13-11-20(12-14-21)23-10-6-16-31-23/h5-6,8,10-16,18,21H,4,7,9,17,19-20H2,1-3H3;5-6,8,10-16,18-19H,4,7,9,17,20H2,1-3H3;3-4,6,8-14,16,19H,5,7,15,17-18H2,1-2H3,(H,28,29)/b;21-19+;. The molecular weight excluding hydrogens is 1270 g/mol. The van der Waals surface area contributed by atoms with Crippen LogP contribution in [0.15, 0.2) is 226 Å². The van der Waals surface area contributed by atoms with Crippen molar-refractivity contribution in [3.63, 3.8) is 0 Å². The topological polar surface area (TPSA) is 218 Å². The van der Waals surface area contributed by atoms with E-state index in [4.69, 9.17) is 42.0 Å². The summed E-state index contributed by atoms with van der Waals surface area (Å²) in [5, 5.41) is 8.85. The van der Waals surface area contributed by atoms with E-state index in [1.807, 2.05) is 198 Å². The molecule has 18 nitrogen and oxygen atoms in total. The minimum atomic E-state index is -0.771. The van der Waals surface area contributed by atoms with Crippen molar-refractivity contribution in [2.45, 2.75) is 106 Å². The average molecular weight is 1360 g/mol. The van der Waals surface area contributed by atoms with Gasteiger partial charge in [-0.3, -0.25) is 24.0 Å². The molecule has 100 heavy (non-hydrogen) atoms. The maximum Gasteiger partial charge on any atom is 0.330 e. The average Bonchev–Trinajstić information content (AvgIpc) is 1.41. The highest BCUT2D eigenvalue weighted by Crippen LogP contribution is 2.28. The molecule has 2 unspecified atom stereocenters. The lowest BCUT2D eigenvalue weighted by molar-refractivity contribution is -0.144. The summed E-state index contributed by atoms with van der Waals surface area (Å²) in [7, 11) is 5.34. The van der Waals surface area contributed by atoms with Gasteiger partial charge in [0.05, 0.1) is 51.8 Å². The zero-order chi connectivity index (χ0) is 71.6. The van der Waals surface area contributed by atoms with Crippen molar-refractivity contribution in [2.24, 2.45) is 11.8 Å². The van der Waals surface area contributed by atoms with E-state index < -0.39 is 5.97 Å². The smallest absolute Gasteiger partial charge is 0.330 e. The summed E-state index contributed by atoms with van der Waals surface area (Å²) in [5.41, 5.74) is 8.38. The minimum Gasteiger partial charge on any atom is -0.493 e. The number of hydrogen-bond donors (Lipinski definition) is 1. The molecule has 2 atom stereocenters. The van der Waals surface area contributed by atoms with Gasteiger partial charge in [0, 0.05) is 110 Å². The Balaban J connectivity index is 0.000000211. The lowest BCUT2D eigenvalue weighted by atomic mass is 10.0. The number of nitrogens with zero attached hydrogens (tertiary/aromatic N) is 3. The number of hydrogen-bond acceptors (Lipinski definition) is 14. The molecule has 0 saturated heterocycles. The van der Waals surface area contributed by atoms with Crippen molar-refractivity contribution in [3.8, 4) is 51.2 Å². The van der Waals surface area contributed by atoms with E-state index in [2.05, 4.69) is 0 Å². The van der Waals surface area contributed by atoms with Crippen LogP contribution in [0.3, 0.4) is 0 Å². The van der Waals surface area contributed by atoms with Gasteiger partial charge in [-0.25, -0.2) is 4.79 Å². The predicted octanol–water partition coefficient (Wildman–Crippen LogP) is 17.3. The van der Waals surface area contributed by atoms with Gasteiger partial charge in [-0.15, -0.1) is 0 Å². The first-order chi connectivity index (χ1) is 48.4. The number of ether oxygens (including phenoxy) is 5. The summed E-state index contributed by atoms with van der Waals surface area (Å²) >= 11 is 0. The van der Waals surface area contributed by atoms with E-state index >= 15 is 0 Å². The van der Waals surface area contributed by atoms with Gasteiger partial charge >= 0.3 is 17.9 Å². The number of benzene rings is 6. The normalized spacial score (nSPS) is 11.5. The minimum absolute atomic E-state index is 0.0615. The summed E-state index contributed by atoms with van der Waals surface area (Å²) in [6, 6.07) is 56.5. The van der Waals surface area contributed by atoms with Crippen molar-refractivity contribution >= 4 is 35.6 Å². The molecule has 0 aliphatic carbocycles. The van der Waals surface area contributed by atoms with Crippen molar-refractivity contribution in [1.82, 2.24) is 14.7 Å². The third-order valence-corrected chi connectivity index (χ3v) is 16.2. The molecule has 6 aromatic carbocycles. The van der Waals surface area contributed by atoms with Crippen LogP contribution in [0, 0.1) is 11.8 Å². The van der Waals surface area contributed by atoms with Crippen LogP contribution in [-0.4, -0.2) is 110 Å². The van der Waals surface area contributed by atoms with Gasteiger partial charge in [-0.2, -0.15) is 0 Å². The van der Waals surface area contributed by atoms with Crippen LogP contribution in [0.2, 0.25) is 0 Å². The number of carbonyl (C=O) groups excluding carboxylic acids is 5. The largest absolute Gasteiger partial charge is 0.493 e. The van der Waals surface area contributed by atoms with E-state index in [1.54, 1.807) is 73.7 Å². The van der Waals surface area contributed by atoms with Gasteiger partial charge in [0.25, 0.3) is 17.7 Å². The van der Waals surface area contributed by atoms with Crippen molar-refractivity contribution in [3.05, 3.63) is 246 Å². The molecule has 3 heterocycles. The Morgan fingerprint density at radius 2 is 0.780 bits per heavy atom. The number of amides is 3. The first kappa shape index (κ1) is 76.5. The molecule has 0 radical (unpaired) electrons. The van der Waals surface area contributed by atoms with Crippen LogP contribution in [0.1, 0.15) is 134 Å². The molecule has 0 fully saturated rings. The molecule has 18 heteroatoms. The molecule has 0 aliphatic rings. The van der Waals surface area contributed by atoms with E-state index in [-0.39, 0.29) is 47.9 Å². The molecule has 9 aromatic rings. The highest BCUT2D eigenvalue weighted by atomic mass is 16.5. The molecule has 3 aromatic heterocycles. The quantitative estimate of drug-likeness (QED) is 0.0225. The number of carboxylic acid groups (broad SMARTS) is 1. The summed E-state index contributed by atoms with van der Waals surface area (Å²) in [5.74, 6) is 3.50. The maximum absolute atomic E-state index is 13.0. The first-order valence-corrected chi connectivity index (χ1v) is 33.9. The molecule has 0 aliphatic heterocycles. The van der Waals surface area contributed by atoms with Gasteiger partial charge in [-0.05, 0) is 162 Å². The predicted molar refractivity (Wildman–Crippen MR) is 386 cm³/mol. The van der Waals surface area contributed by atoms with Gasteiger partial charge in [-0.1, -0.05) is 110 Å². The molecule has 0 bridgehead atoms. The van der Waals surface area contributed by atoms with Crippen LogP contribution in [-0.2, 0) is 43.5 Å². The van der Waals surface area contributed by atoms with Crippen LogP contribution in [0.5, 0.6) is 17.2 Å². The lowest BCUT2D eigenvalue weighted by Gasteiger charge is -2.20. The SMILES string of the molecule is CC(CCCOc1ccccc1CN(C)C(=O)c1ccc(-c2ccco2)cc1)CC(=O)O.CCOC(=O)/C=C(\C)CCCOc1ccccc1CN(C)C(=O)c1ccc(-c2ccco2)cc1.CCOC(=O)CC(C)CCCOc1ccccc1CN(C)C(=O)c1ccc(-c2ccco2)cc1. The van der Waals surface area contributed by atoms with E-state index in [0.717, 1.165) is 112 Å².